The van der Waals surface area contributed by atoms with Gasteiger partial charge in [-0.2, -0.15) is 0 Å². The number of rotatable bonds is 5. The first-order chi connectivity index (χ1) is 9.93. The lowest BCUT2D eigenvalue weighted by Crippen LogP contribution is -2.49. The lowest BCUT2D eigenvalue weighted by atomic mass is 9.78. The molecule has 1 fully saturated rings. The standard InChI is InChI=1S/C16H22FNO3/c1-18(11-12-9-13(17)5-6-14(12)19)16(10-15(20)21)7-3-2-4-8-16/h5-6,9,19H,2-4,7-8,10-11H2,1H3,(H,20,21). The summed E-state index contributed by atoms with van der Waals surface area (Å²) in [7, 11) is 1.86. The number of aliphatic carboxylic acids is 1. The summed E-state index contributed by atoms with van der Waals surface area (Å²) in [6.07, 6.45) is 4.87. The van der Waals surface area contributed by atoms with E-state index in [4.69, 9.17) is 0 Å². The summed E-state index contributed by atoms with van der Waals surface area (Å²) in [6.45, 7) is 0.344. The molecule has 0 unspecified atom stereocenters. The first-order valence-electron chi connectivity index (χ1n) is 7.33. The molecule has 0 bridgehead atoms. The van der Waals surface area contributed by atoms with Crippen LogP contribution in [0.2, 0.25) is 0 Å². The molecule has 0 spiro atoms. The molecule has 4 nitrogen and oxygen atoms in total. The molecule has 1 aromatic carbocycles. The van der Waals surface area contributed by atoms with Gasteiger partial charge in [-0.3, -0.25) is 9.69 Å². The number of phenolic OH excluding ortho intramolecular Hbond substituents is 1. The van der Waals surface area contributed by atoms with Gasteiger partial charge in [-0.05, 0) is 38.1 Å². The summed E-state index contributed by atoms with van der Waals surface area (Å²) in [6, 6.07) is 3.86. The van der Waals surface area contributed by atoms with Crippen molar-refractivity contribution in [2.24, 2.45) is 0 Å². The van der Waals surface area contributed by atoms with Crippen LogP contribution in [0.3, 0.4) is 0 Å². The van der Waals surface area contributed by atoms with Crippen molar-refractivity contribution in [3.05, 3.63) is 29.6 Å². The predicted molar refractivity (Wildman–Crippen MR) is 77.6 cm³/mol. The van der Waals surface area contributed by atoms with E-state index in [1.807, 2.05) is 11.9 Å². The third-order valence-corrected chi connectivity index (χ3v) is 4.52. The van der Waals surface area contributed by atoms with Gasteiger partial charge in [0.25, 0.3) is 0 Å². The molecule has 1 aliphatic carbocycles. The Balaban J connectivity index is 2.19. The Morgan fingerprint density at radius 2 is 2.00 bits per heavy atom. The Morgan fingerprint density at radius 1 is 1.33 bits per heavy atom. The first kappa shape index (κ1) is 15.8. The van der Waals surface area contributed by atoms with E-state index in [0.29, 0.717) is 12.1 Å². The van der Waals surface area contributed by atoms with Crippen molar-refractivity contribution in [3.63, 3.8) is 0 Å². The summed E-state index contributed by atoms with van der Waals surface area (Å²) in [4.78, 5) is 13.2. The van der Waals surface area contributed by atoms with Crippen LogP contribution in [0.15, 0.2) is 18.2 Å². The zero-order valence-electron chi connectivity index (χ0n) is 12.3. The van der Waals surface area contributed by atoms with Gasteiger partial charge in [0, 0.05) is 17.6 Å². The second-order valence-electron chi connectivity index (χ2n) is 5.98. The van der Waals surface area contributed by atoms with Crippen molar-refractivity contribution in [3.8, 4) is 5.75 Å². The molecule has 116 valence electrons. The van der Waals surface area contributed by atoms with E-state index in [1.165, 1.54) is 18.2 Å². The molecule has 0 heterocycles. The van der Waals surface area contributed by atoms with Gasteiger partial charge in [-0.25, -0.2) is 4.39 Å². The number of hydrogen-bond acceptors (Lipinski definition) is 3. The van der Waals surface area contributed by atoms with Crippen LogP contribution in [-0.2, 0) is 11.3 Å². The number of halogens is 1. The van der Waals surface area contributed by atoms with Crippen molar-refractivity contribution in [1.29, 1.82) is 0 Å². The van der Waals surface area contributed by atoms with Crippen molar-refractivity contribution in [1.82, 2.24) is 4.90 Å². The fourth-order valence-electron chi connectivity index (χ4n) is 3.29. The third kappa shape index (κ3) is 3.73. The smallest absolute Gasteiger partial charge is 0.305 e. The van der Waals surface area contributed by atoms with E-state index in [1.54, 1.807) is 0 Å². The number of carbonyl (C=O) groups is 1. The Kier molecular flexibility index (Phi) is 4.83. The Morgan fingerprint density at radius 3 is 2.62 bits per heavy atom. The minimum absolute atomic E-state index is 0.0459. The quantitative estimate of drug-likeness (QED) is 0.876. The van der Waals surface area contributed by atoms with Gasteiger partial charge in [0.1, 0.15) is 11.6 Å². The molecule has 1 aliphatic rings. The second-order valence-corrected chi connectivity index (χ2v) is 5.98. The molecule has 0 aromatic heterocycles. The average Bonchev–Trinajstić information content (AvgIpc) is 2.43. The van der Waals surface area contributed by atoms with Crippen molar-refractivity contribution in [2.75, 3.05) is 7.05 Å². The molecule has 21 heavy (non-hydrogen) atoms. The molecule has 0 aliphatic heterocycles. The van der Waals surface area contributed by atoms with E-state index in [9.17, 15) is 19.4 Å². The maximum absolute atomic E-state index is 13.3. The number of benzene rings is 1. The highest BCUT2D eigenvalue weighted by Gasteiger charge is 2.38. The summed E-state index contributed by atoms with van der Waals surface area (Å²) >= 11 is 0. The minimum Gasteiger partial charge on any atom is -0.508 e. The predicted octanol–water partition coefficient (Wildman–Crippen LogP) is 3.14. The summed E-state index contributed by atoms with van der Waals surface area (Å²) in [5.41, 5.74) is 0.0934. The minimum atomic E-state index is -0.813. The third-order valence-electron chi connectivity index (χ3n) is 4.52. The zero-order chi connectivity index (χ0) is 15.5. The van der Waals surface area contributed by atoms with Crippen LogP contribution in [0.25, 0.3) is 0 Å². The van der Waals surface area contributed by atoms with E-state index >= 15 is 0 Å². The topological polar surface area (TPSA) is 60.8 Å². The number of aromatic hydroxyl groups is 1. The normalized spacial score (nSPS) is 17.9. The molecule has 0 atom stereocenters. The number of nitrogens with zero attached hydrogens (tertiary/aromatic N) is 1. The lowest BCUT2D eigenvalue weighted by molar-refractivity contribution is -0.141. The molecule has 2 rings (SSSR count). The van der Waals surface area contributed by atoms with Crippen LogP contribution in [0, 0.1) is 5.82 Å². The summed E-state index contributed by atoms with van der Waals surface area (Å²) in [5.74, 6) is -1.16. The fourth-order valence-corrected chi connectivity index (χ4v) is 3.29. The highest BCUT2D eigenvalue weighted by atomic mass is 19.1. The number of carboxylic acids is 1. The molecule has 1 aromatic rings. The summed E-state index contributed by atoms with van der Waals surface area (Å²) < 4.78 is 13.3. The maximum atomic E-state index is 13.3. The summed E-state index contributed by atoms with van der Waals surface area (Å²) in [5, 5.41) is 19.0. The van der Waals surface area contributed by atoms with Crippen LogP contribution in [0.4, 0.5) is 4.39 Å². The van der Waals surface area contributed by atoms with Crippen LogP contribution in [-0.4, -0.2) is 33.7 Å². The van der Waals surface area contributed by atoms with Gasteiger partial charge >= 0.3 is 5.97 Å². The van der Waals surface area contributed by atoms with Crippen molar-refractivity contribution < 1.29 is 19.4 Å². The van der Waals surface area contributed by atoms with E-state index in [0.717, 1.165) is 32.1 Å². The van der Waals surface area contributed by atoms with Crippen LogP contribution in [0.1, 0.15) is 44.1 Å². The maximum Gasteiger partial charge on any atom is 0.305 e. The van der Waals surface area contributed by atoms with Gasteiger partial charge in [0.15, 0.2) is 0 Å². The molecule has 5 heteroatoms. The number of hydrogen-bond donors (Lipinski definition) is 2. The van der Waals surface area contributed by atoms with Gasteiger partial charge in [-0.15, -0.1) is 0 Å². The van der Waals surface area contributed by atoms with Gasteiger partial charge < -0.3 is 10.2 Å². The van der Waals surface area contributed by atoms with Gasteiger partial charge in [0.2, 0.25) is 0 Å². The molecular formula is C16H22FNO3. The van der Waals surface area contributed by atoms with E-state index < -0.39 is 17.3 Å². The van der Waals surface area contributed by atoms with Crippen molar-refractivity contribution in [2.45, 2.75) is 50.6 Å². The van der Waals surface area contributed by atoms with Crippen LogP contribution in [0.5, 0.6) is 5.75 Å². The van der Waals surface area contributed by atoms with Crippen LogP contribution >= 0.6 is 0 Å². The Labute approximate surface area is 124 Å². The first-order valence-corrected chi connectivity index (χ1v) is 7.33. The molecule has 1 saturated carbocycles. The second kappa shape index (κ2) is 6.43. The SMILES string of the molecule is CN(Cc1cc(F)ccc1O)C1(CC(=O)O)CCCCC1. The number of carboxylic acid groups (broad SMARTS) is 1. The highest BCUT2D eigenvalue weighted by molar-refractivity contribution is 5.68. The molecule has 2 N–H and O–H groups in total. The van der Waals surface area contributed by atoms with Gasteiger partial charge in [-0.1, -0.05) is 19.3 Å². The molecular weight excluding hydrogens is 273 g/mol. The largest absolute Gasteiger partial charge is 0.508 e. The van der Waals surface area contributed by atoms with Crippen LogP contribution < -0.4 is 0 Å². The lowest BCUT2D eigenvalue weighted by Gasteiger charge is -2.44. The monoisotopic (exact) mass is 295 g/mol. The zero-order valence-corrected chi connectivity index (χ0v) is 12.3. The molecule has 0 radical (unpaired) electrons. The Bertz CT molecular complexity index is 512. The van der Waals surface area contributed by atoms with E-state index in [-0.39, 0.29) is 12.2 Å². The number of phenols is 1. The van der Waals surface area contributed by atoms with E-state index in [2.05, 4.69) is 0 Å². The fraction of sp³-hybridized carbons (Fsp3) is 0.562. The molecule has 0 saturated heterocycles. The average molecular weight is 295 g/mol. The Hall–Kier alpha value is -1.62. The van der Waals surface area contributed by atoms with Crippen molar-refractivity contribution >= 4 is 5.97 Å². The molecule has 0 amide bonds. The highest BCUT2D eigenvalue weighted by Crippen LogP contribution is 2.37. The van der Waals surface area contributed by atoms with Gasteiger partial charge in [0.05, 0.1) is 6.42 Å².